The van der Waals surface area contributed by atoms with E-state index in [-0.39, 0.29) is 11.3 Å². The molecule has 146 valence electrons. The molecule has 4 rings (SSSR count). The Hall–Kier alpha value is -2.68. The lowest BCUT2D eigenvalue weighted by Crippen LogP contribution is -2.29. The van der Waals surface area contributed by atoms with Gasteiger partial charge in [-0.15, -0.1) is 0 Å². The number of rotatable bonds is 4. The summed E-state index contributed by atoms with van der Waals surface area (Å²) in [7, 11) is 0. The van der Waals surface area contributed by atoms with Crippen molar-refractivity contribution in [1.82, 2.24) is 9.36 Å². The number of hydrogen-bond donors (Lipinski definition) is 1. The largest absolute Gasteiger partial charge is 0.507 e. The van der Waals surface area contributed by atoms with E-state index in [4.69, 9.17) is 11.6 Å². The summed E-state index contributed by atoms with van der Waals surface area (Å²) in [6, 6.07) is 14.6. The highest BCUT2D eigenvalue weighted by Gasteiger charge is 2.48. The predicted molar refractivity (Wildman–Crippen MR) is 114 cm³/mol. The third-order valence-corrected chi connectivity index (χ3v) is 6.09. The number of Topliss-reactive ketones (excluding diaryl/α,β-unsaturated/α-hetero) is 1. The lowest BCUT2D eigenvalue weighted by Gasteiger charge is -2.22. The molecule has 6 nitrogen and oxygen atoms in total. The lowest BCUT2D eigenvalue weighted by molar-refractivity contribution is -0.132. The molecular formula is C20H14ClN3O3S2. The molecule has 1 N–H and O–H groups in total. The molecule has 1 aliphatic rings. The summed E-state index contributed by atoms with van der Waals surface area (Å²) in [4.78, 5) is 31.5. The molecule has 1 amide bonds. The predicted octanol–water partition coefficient (Wildman–Crippen LogP) is 4.54. The number of hydrogen-bond acceptors (Lipinski definition) is 7. The fourth-order valence-electron chi connectivity index (χ4n) is 3.13. The van der Waals surface area contributed by atoms with Crippen LogP contribution in [0, 0.1) is 0 Å². The molecule has 0 spiro atoms. The van der Waals surface area contributed by atoms with Crippen LogP contribution in [0.1, 0.15) is 17.2 Å². The van der Waals surface area contributed by atoms with Gasteiger partial charge in [0.25, 0.3) is 5.78 Å². The first kappa shape index (κ1) is 19.6. The first-order valence-corrected chi connectivity index (χ1v) is 10.9. The Labute approximate surface area is 180 Å². The molecule has 9 heteroatoms. The number of aliphatic hydroxyl groups excluding tert-OH is 1. The molecular weight excluding hydrogens is 430 g/mol. The summed E-state index contributed by atoms with van der Waals surface area (Å²) >= 11 is 8.38. The summed E-state index contributed by atoms with van der Waals surface area (Å²) in [6.07, 6.45) is 1.83. The molecule has 1 aliphatic heterocycles. The number of aliphatic hydroxyl groups is 1. The van der Waals surface area contributed by atoms with Gasteiger partial charge < -0.3 is 5.11 Å². The molecule has 0 aliphatic carbocycles. The Balaban J connectivity index is 1.93. The van der Waals surface area contributed by atoms with Gasteiger partial charge in [0.15, 0.2) is 0 Å². The number of thioether (sulfide) groups is 1. The van der Waals surface area contributed by atoms with Crippen molar-refractivity contribution < 1.29 is 14.7 Å². The van der Waals surface area contributed by atoms with Gasteiger partial charge >= 0.3 is 5.91 Å². The van der Waals surface area contributed by atoms with E-state index < -0.39 is 17.7 Å². The van der Waals surface area contributed by atoms with Crippen LogP contribution in [-0.2, 0) is 9.59 Å². The summed E-state index contributed by atoms with van der Waals surface area (Å²) in [5, 5.41) is 12.2. The second kappa shape index (κ2) is 7.98. The highest BCUT2D eigenvalue weighted by molar-refractivity contribution is 7.98. The van der Waals surface area contributed by atoms with E-state index in [2.05, 4.69) is 9.36 Å². The van der Waals surface area contributed by atoms with E-state index >= 15 is 0 Å². The van der Waals surface area contributed by atoms with Crippen molar-refractivity contribution in [2.45, 2.75) is 11.2 Å². The molecule has 2 aromatic carbocycles. The molecule has 1 aromatic heterocycles. The second-order valence-electron chi connectivity index (χ2n) is 6.15. The molecule has 29 heavy (non-hydrogen) atoms. The third-order valence-electron chi connectivity index (χ3n) is 4.46. The van der Waals surface area contributed by atoms with Gasteiger partial charge in [-0.3, -0.25) is 14.5 Å². The molecule has 0 radical (unpaired) electrons. The second-order valence-corrected chi connectivity index (χ2v) is 8.09. The quantitative estimate of drug-likeness (QED) is 0.276. The van der Waals surface area contributed by atoms with Crippen LogP contribution in [0.4, 0.5) is 5.13 Å². The number of carbonyl (C=O) groups excluding carboxylic acids is 2. The van der Waals surface area contributed by atoms with Crippen LogP contribution in [0.2, 0.25) is 5.02 Å². The number of amides is 1. The number of nitrogens with zero attached hydrogens (tertiary/aromatic N) is 3. The minimum atomic E-state index is -0.838. The molecule has 3 aromatic rings. The number of halogens is 1. The zero-order valence-corrected chi connectivity index (χ0v) is 17.5. The standard InChI is InChI=1S/C20H14ClN3O3S2/c1-28-19-22-20(29-23-19)24-15(11-7-9-13(21)10-8-11)14(17(26)18(24)27)16(25)12-5-3-2-4-6-12/h2-10,15,25H,1H3. The number of benzene rings is 2. The minimum absolute atomic E-state index is 0.00410. The van der Waals surface area contributed by atoms with E-state index in [0.717, 1.165) is 11.5 Å². The summed E-state index contributed by atoms with van der Waals surface area (Å²) in [6.45, 7) is 0. The summed E-state index contributed by atoms with van der Waals surface area (Å²) < 4.78 is 4.20. The Morgan fingerprint density at radius 1 is 1.14 bits per heavy atom. The van der Waals surface area contributed by atoms with Gasteiger partial charge in [-0.05, 0) is 24.0 Å². The van der Waals surface area contributed by atoms with Crippen LogP contribution in [0.25, 0.3) is 5.76 Å². The van der Waals surface area contributed by atoms with Crippen LogP contribution in [0.3, 0.4) is 0 Å². The van der Waals surface area contributed by atoms with Crippen molar-refractivity contribution in [1.29, 1.82) is 0 Å². The molecule has 0 bridgehead atoms. The minimum Gasteiger partial charge on any atom is -0.507 e. The van der Waals surface area contributed by atoms with Gasteiger partial charge in [0.05, 0.1) is 11.6 Å². The Morgan fingerprint density at radius 2 is 1.83 bits per heavy atom. The molecule has 1 fully saturated rings. The maximum absolute atomic E-state index is 12.9. The topological polar surface area (TPSA) is 83.4 Å². The van der Waals surface area contributed by atoms with Gasteiger partial charge in [0, 0.05) is 22.1 Å². The summed E-state index contributed by atoms with van der Waals surface area (Å²) in [5.74, 6) is -1.76. The van der Waals surface area contributed by atoms with Crippen LogP contribution in [0.5, 0.6) is 0 Å². The average Bonchev–Trinajstić information content (AvgIpc) is 3.32. The van der Waals surface area contributed by atoms with Crippen LogP contribution < -0.4 is 4.90 Å². The first-order chi connectivity index (χ1) is 14.0. The Morgan fingerprint density at radius 3 is 2.45 bits per heavy atom. The molecule has 1 atom stereocenters. The van der Waals surface area contributed by atoms with Gasteiger partial charge in [-0.1, -0.05) is 65.8 Å². The smallest absolute Gasteiger partial charge is 0.301 e. The van der Waals surface area contributed by atoms with Gasteiger partial charge in [-0.2, -0.15) is 9.36 Å². The molecule has 2 heterocycles. The molecule has 0 saturated carbocycles. The van der Waals surface area contributed by atoms with E-state index in [1.54, 1.807) is 54.6 Å². The number of anilines is 1. The monoisotopic (exact) mass is 443 g/mol. The zero-order valence-electron chi connectivity index (χ0n) is 15.1. The summed E-state index contributed by atoms with van der Waals surface area (Å²) in [5.41, 5.74) is 1.09. The van der Waals surface area contributed by atoms with Crippen LogP contribution in [-0.4, -0.2) is 32.4 Å². The van der Waals surface area contributed by atoms with Crippen molar-refractivity contribution in [3.05, 3.63) is 76.3 Å². The number of aromatic nitrogens is 2. The van der Waals surface area contributed by atoms with Gasteiger partial charge in [0.1, 0.15) is 5.76 Å². The molecule has 1 saturated heterocycles. The highest BCUT2D eigenvalue weighted by Crippen LogP contribution is 2.43. The highest BCUT2D eigenvalue weighted by atomic mass is 35.5. The zero-order chi connectivity index (χ0) is 20.5. The number of carbonyl (C=O) groups is 2. The van der Waals surface area contributed by atoms with Gasteiger partial charge in [0.2, 0.25) is 10.3 Å². The Bertz CT molecular complexity index is 1110. The number of ketones is 1. The third kappa shape index (κ3) is 3.55. The van der Waals surface area contributed by atoms with E-state index in [1.165, 1.54) is 16.7 Å². The van der Waals surface area contributed by atoms with Crippen molar-refractivity contribution in [3.8, 4) is 0 Å². The van der Waals surface area contributed by atoms with Gasteiger partial charge in [-0.25, -0.2) is 0 Å². The van der Waals surface area contributed by atoms with E-state index in [1.807, 2.05) is 6.26 Å². The fraction of sp³-hybridized carbons (Fsp3) is 0.100. The van der Waals surface area contributed by atoms with Crippen molar-refractivity contribution in [2.24, 2.45) is 0 Å². The van der Waals surface area contributed by atoms with Crippen molar-refractivity contribution >= 4 is 57.5 Å². The molecule has 1 unspecified atom stereocenters. The van der Waals surface area contributed by atoms with Crippen LogP contribution >= 0.6 is 34.9 Å². The SMILES string of the molecule is CSc1nsc(N2C(=O)C(=O)C(=C(O)c3ccccc3)C2c2ccc(Cl)cc2)n1. The normalized spacial score (nSPS) is 18.4. The lowest BCUT2D eigenvalue weighted by atomic mass is 9.95. The van der Waals surface area contributed by atoms with Crippen molar-refractivity contribution in [3.63, 3.8) is 0 Å². The van der Waals surface area contributed by atoms with Crippen LogP contribution in [0.15, 0.2) is 65.3 Å². The maximum atomic E-state index is 12.9. The maximum Gasteiger partial charge on any atom is 0.301 e. The van der Waals surface area contributed by atoms with E-state index in [9.17, 15) is 14.7 Å². The van der Waals surface area contributed by atoms with E-state index in [0.29, 0.717) is 26.4 Å². The fourth-order valence-corrected chi connectivity index (χ4v) is 4.50. The van der Waals surface area contributed by atoms with Crippen molar-refractivity contribution in [2.75, 3.05) is 11.2 Å². The average molecular weight is 444 g/mol. The Kier molecular flexibility index (Phi) is 5.40. The first-order valence-electron chi connectivity index (χ1n) is 8.51.